The van der Waals surface area contributed by atoms with Gasteiger partial charge in [-0.05, 0) is 37.1 Å². The van der Waals surface area contributed by atoms with Crippen molar-refractivity contribution in [1.29, 1.82) is 0 Å². The first-order valence-electron chi connectivity index (χ1n) is 8.10. The van der Waals surface area contributed by atoms with E-state index in [1.54, 1.807) is 25.0 Å². The van der Waals surface area contributed by atoms with Crippen LogP contribution in [-0.2, 0) is 0 Å². The van der Waals surface area contributed by atoms with Crippen LogP contribution in [0.3, 0.4) is 0 Å². The van der Waals surface area contributed by atoms with Crippen LogP contribution in [0.4, 0.5) is 0 Å². The Morgan fingerprint density at radius 2 is 1.12 bits per heavy atom. The van der Waals surface area contributed by atoms with E-state index >= 15 is 0 Å². The molecule has 0 unspecified atom stereocenters. The van der Waals surface area contributed by atoms with Crippen LogP contribution in [0.5, 0.6) is 0 Å². The van der Waals surface area contributed by atoms with Gasteiger partial charge in [0.2, 0.25) is 0 Å². The quantitative estimate of drug-likeness (QED) is 0.490. The molecule has 8 heteroatoms. The predicted molar refractivity (Wildman–Crippen MR) is 96.4 cm³/mol. The van der Waals surface area contributed by atoms with Crippen molar-refractivity contribution in [2.24, 2.45) is 0 Å². The van der Waals surface area contributed by atoms with Crippen LogP contribution >= 0.6 is 0 Å². The molecule has 1 aromatic carbocycles. The molecular formula is C18H14N8. The normalized spacial score (nSPS) is 11.5. The highest BCUT2D eigenvalue weighted by atomic mass is 15.1. The maximum absolute atomic E-state index is 4.36. The van der Waals surface area contributed by atoms with Crippen LogP contribution in [-0.4, -0.2) is 39.0 Å². The van der Waals surface area contributed by atoms with Crippen molar-refractivity contribution in [3.63, 3.8) is 0 Å². The molecule has 0 saturated heterocycles. The molecule has 0 atom stereocenters. The lowest BCUT2D eigenvalue weighted by atomic mass is 10.1. The van der Waals surface area contributed by atoms with Gasteiger partial charge in [-0.15, -0.1) is 0 Å². The zero-order valence-corrected chi connectivity index (χ0v) is 14.2. The molecule has 0 fully saturated rings. The summed E-state index contributed by atoms with van der Waals surface area (Å²) in [6.45, 7) is 4.15. The standard InChI is InChI=1S/C18H14N8/c1-11-3-14(26-10-24-18-16(26)6-20-8-22-18)12(2)4-13(11)25-9-23-17-15(25)5-19-7-21-17/h3-10H,1-2H3. The molecule has 4 heterocycles. The fourth-order valence-electron chi connectivity index (χ4n) is 3.21. The summed E-state index contributed by atoms with van der Waals surface area (Å²) in [5, 5.41) is 0. The molecule has 0 aliphatic heterocycles. The Kier molecular flexibility index (Phi) is 3.05. The fraction of sp³-hybridized carbons (Fsp3) is 0.111. The second-order valence-corrected chi connectivity index (χ2v) is 6.12. The average molecular weight is 342 g/mol. The zero-order valence-electron chi connectivity index (χ0n) is 14.2. The van der Waals surface area contributed by atoms with Crippen molar-refractivity contribution >= 4 is 22.3 Å². The minimum Gasteiger partial charge on any atom is -0.296 e. The van der Waals surface area contributed by atoms with Gasteiger partial charge in [-0.3, -0.25) is 9.13 Å². The van der Waals surface area contributed by atoms with Crippen molar-refractivity contribution in [3.8, 4) is 11.4 Å². The van der Waals surface area contributed by atoms with Gasteiger partial charge in [0, 0.05) is 0 Å². The highest BCUT2D eigenvalue weighted by molar-refractivity contribution is 5.75. The first-order chi connectivity index (χ1) is 12.7. The van der Waals surface area contributed by atoms with Crippen LogP contribution < -0.4 is 0 Å². The molecule has 0 radical (unpaired) electrons. The molecular weight excluding hydrogens is 328 g/mol. The SMILES string of the molecule is Cc1cc(-n2cnc3ncncc32)c(C)cc1-n1cnc2ncncc21. The van der Waals surface area contributed by atoms with Gasteiger partial charge in [0.1, 0.15) is 36.3 Å². The van der Waals surface area contributed by atoms with E-state index in [0.717, 1.165) is 33.5 Å². The second-order valence-electron chi connectivity index (χ2n) is 6.12. The number of nitrogens with zero attached hydrogens (tertiary/aromatic N) is 8. The Morgan fingerprint density at radius 1 is 0.654 bits per heavy atom. The summed E-state index contributed by atoms with van der Waals surface area (Å²) >= 11 is 0. The first kappa shape index (κ1) is 14.6. The molecule has 0 saturated carbocycles. The molecule has 0 spiro atoms. The lowest BCUT2D eigenvalue weighted by molar-refractivity contribution is 1.03. The molecule has 0 N–H and O–H groups in total. The molecule has 0 aliphatic rings. The minimum absolute atomic E-state index is 0.680. The van der Waals surface area contributed by atoms with Gasteiger partial charge in [-0.1, -0.05) is 0 Å². The summed E-state index contributed by atoms with van der Waals surface area (Å²) in [6, 6.07) is 4.27. The van der Waals surface area contributed by atoms with Gasteiger partial charge < -0.3 is 0 Å². The van der Waals surface area contributed by atoms with Crippen molar-refractivity contribution in [1.82, 2.24) is 39.0 Å². The number of fused-ring (bicyclic) bond motifs is 2. The molecule has 26 heavy (non-hydrogen) atoms. The topological polar surface area (TPSA) is 87.2 Å². The third kappa shape index (κ3) is 2.08. The summed E-state index contributed by atoms with van der Waals surface area (Å²) in [6.07, 6.45) is 10.1. The third-order valence-corrected chi connectivity index (χ3v) is 4.49. The van der Waals surface area contributed by atoms with Gasteiger partial charge in [0.25, 0.3) is 0 Å². The fourth-order valence-corrected chi connectivity index (χ4v) is 3.21. The highest BCUT2D eigenvalue weighted by Crippen LogP contribution is 2.26. The molecule has 0 aliphatic carbocycles. The maximum atomic E-state index is 4.36. The lowest BCUT2D eigenvalue weighted by Crippen LogP contribution is -2.02. The van der Waals surface area contributed by atoms with Crippen molar-refractivity contribution in [2.75, 3.05) is 0 Å². The number of benzene rings is 1. The van der Waals surface area contributed by atoms with E-state index in [4.69, 9.17) is 0 Å². The number of imidazole rings is 2. The molecule has 126 valence electrons. The zero-order chi connectivity index (χ0) is 17.7. The molecule has 5 rings (SSSR count). The third-order valence-electron chi connectivity index (χ3n) is 4.49. The van der Waals surface area contributed by atoms with Crippen molar-refractivity contribution in [2.45, 2.75) is 13.8 Å². The molecule has 4 aromatic heterocycles. The van der Waals surface area contributed by atoms with E-state index in [2.05, 4.69) is 55.9 Å². The highest BCUT2D eigenvalue weighted by Gasteiger charge is 2.13. The Bertz CT molecular complexity index is 1170. The van der Waals surface area contributed by atoms with Crippen LogP contribution in [0.25, 0.3) is 33.7 Å². The molecule has 8 nitrogen and oxygen atoms in total. The predicted octanol–water partition coefficient (Wildman–Crippen LogP) is 2.56. The number of aromatic nitrogens is 8. The maximum Gasteiger partial charge on any atom is 0.181 e. The van der Waals surface area contributed by atoms with E-state index < -0.39 is 0 Å². The Labute approximate surface area is 148 Å². The lowest BCUT2D eigenvalue weighted by Gasteiger charge is -2.14. The Hall–Kier alpha value is -3.68. The van der Waals surface area contributed by atoms with Crippen molar-refractivity contribution in [3.05, 3.63) is 61.0 Å². The van der Waals surface area contributed by atoms with E-state index in [-0.39, 0.29) is 0 Å². The minimum atomic E-state index is 0.680. The van der Waals surface area contributed by atoms with Crippen LogP contribution in [0, 0.1) is 13.8 Å². The number of rotatable bonds is 2. The Balaban J connectivity index is 1.71. The van der Waals surface area contributed by atoms with Crippen LogP contribution in [0.2, 0.25) is 0 Å². The van der Waals surface area contributed by atoms with Crippen LogP contribution in [0.1, 0.15) is 11.1 Å². The van der Waals surface area contributed by atoms with E-state index in [1.807, 2.05) is 9.13 Å². The summed E-state index contributed by atoms with van der Waals surface area (Å²) in [4.78, 5) is 25.4. The van der Waals surface area contributed by atoms with Gasteiger partial charge in [-0.2, -0.15) is 0 Å². The number of hydrogen-bond donors (Lipinski definition) is 0. The van der Waals surface area contributed by atoms with E-state index in [9.17, 15) is 0 Å². The van der Waals surface area contributed by atoms with Gasteiger partial charge in [0.05, 0.1) is 23.8 Å². The average Bonchev–Trinajstić information content (AvgIpc) is 3.27. The number of aryl methyl sites for hydroxylation is 2. The summed E-state index contributed by atoms with van der Waals surface area (Å²) in [5.41, 5.74) is 7.42. The van der Waals surface area contributed by atoms with Gasteiger partial charge in [0.15, 0.2) is 11.3 Å². The number of hydrogen-bond acceptors (Lipinski definition) is 6. The second kappa shape index (κ2) is 5.41. The summed E-state index contributed by atoms with van der Waals surface area (Å²) in [5.74, 6) is 0. The van der Waals surface area contributed by atoms with E-state index in [0.29, 0.717) is 11.3 Å². The summed E-state index contributed by atoms with van der Waals surface area (Å²) in [7, 11) is 0. The van der Waals surface area contributed by atoms with Crippen LogP contribution in [0.15, 0.2) is 49.8 Å². The van der Waals surface area contributed by atoms with Gasteiger partial charge in [-0.25, -0.2) is 29.9 Å². The molecule has 0 amide bonds. The van der Waals surface area contributed by atoms with E-state index in [1.165, 1.54) is 12.7 Å². The molecule has 5 aromatic rings. The molecule has 0 bridgehead atoms. The Morgan fingerprint density at radius 3 is 1.58 bits per heavy atom. The smallest absolute Gasteiger partial charge is 0.181 e. The van der Waals surface area contributed by atoms with Crippen molar-refractivity contribution < 1.29 is 0 Å². The van der Waals surface area contributed by atoms with Gasteiger partial charge >= 0.3 is 0 Å². The summed E-state index contributed by atoms with van der Waals surface area (Å²) < 4.78 is 4.02. The largest absolute Gasteiger partial charge is 0.296 e. The first-order valence-corrected chi connectivity index (χ1v) is 8.10. The monoisotopic (exact) mass is 342 g/mol.